The van der Waals surface area contributed by atoms with Gasteiger partial charge in [0.1, 0.15) is 5.82 Å². The van der Waals surface area contributed by atoms with E-state index < -0.39 is 23.6 Å². The Kier molecular flexibility index (Phi) is 9.14. The maximum atomic E-state index is 13.0. The van der Waals surface area contributed by atoms with E-state index in [2.05, 4.69) is 29.5 Å². The summed E-state index contributed by atoms with van der Waals surface area (Å²) in [5.41, 5.74) is 4.23. The van der Waals surface area contributed by atoms with Gasteiger partial charge in [0.25, 0.3) is 5.91 Å². The number of nitrogens with one attached hydrogen (secondary N) is 2. The van der Waals surface area contributed by atoms with Gasteiger partial charge in [-0.2, -0.15) is 13.2 Å². The summed E-state index contributed by atoms with van der Waals surface area (Å²) >= 11 is 0. The molecule has 1 atom stereocenters. The number of carboxylic acid groups (broad SMARTS) is 1. The average molecular weight is 528 g/mol. The lowest BCUT2D eigenvalue weighted by Crippen LogP contribution is -2.26. The molecule has 3 N–H and O–H groups in total. The first-order chi connectivity index (χ1) is 17.8. The summed E-state index contributed by atoms with van der Waals surface area (Å²) in [6.07, 6.45) is -2.29. The Labute approximate surface area is 220 Å². The number of alkyl halides is 3. The summed E-state index contributed by atoms with van der Waals surface area (Å²) in [7, 11) is 0. The number of hydrogen-bond acceptors (Lipinski definition) is 4. The largest absolute Gasteiger partial charge is 0.481 e. The van der Waals surface area contributed by atoms with Gasteiger partial charge in [-0.05, 0) is 78.3 Å². The van der Waals surface area contributed by atoms with Gasteiger partial charge in [0, 0.05) is 12.7 Å². The molecule has 3 aromatic rings. The molecule has 1 heterocycles. The molecule has 0 saturated carbocycles. The van der Waals surface area contributed by atoms with Crippen LogP contribution in [0.1, 0.15) is 65.3 Å². The fourth-order valence-corrected chi connectivity index (χ4v) is 4.41. The number of amides is 1. The summed E-state index contributed by atoms with van der Waals surface area (Å²) in [4.78, 5) is 27.2. The van der Waals surface area contributed by atoms with E-state index in [1.54, 1.807) is 12.1 Å². The number of carbonyl (C=O) groups is 2. The van der Waals surface area contributed by atoms with E-state index in [9.17, 15) is 22.8 Å². The van der Waals surface area contributed by atoms with Crippen molar-refractivity contribution in [2.24, 2.45) is 5.92 Å². The molecular weight excluding hydrogens is 495 g/mol. The van der Waals surface area contributed by atoms with Crippen molar-refractivity contribution >= 4 is 17.7 Å². The van der Waals surface area contributed by atoms with Crippen molar-refractivity contribution in [2.75, 3.05) is 11.9 Å². The number of anilines is 1. The second-order valence-corrected chi connectivity index (χ2v) is 9.76. The minimum atomic E-state index is -4.38. The Morgan fingerprint density at radius 1 is 1.00 bits per heavy atom. The molecular formula is C29H32F3N3O3. The van der Waals surface area contributed by atoms with Gasteiger partial charge in [0.15, 0.2) is 0 Å². The zero-order valence-corrected chi connectivity index (χ0v) is 21.8. The summed E-state index contributed by atoms with van der Waals surface area (Å²) in [6, 6.07) is 12.6. The number of carboxylic acids is 1. The molecule has 1 amide bonds. The maximum absolute atomic E-state index is 13.0. The Morgan fingerprint density at radius 3 is 2.13 bits per heavy atom. The van der Waals surface area contributed by atoms with Crippen LogP contribution >= 0.6 is 0 Å². The zero-order valence-electron chi connectivity index (χ0n) is 21.8. The smallest absolute Gasteiger partial charge is 0.416 e. The number of pyridine rings is 1. The minimum Gasteiger partial charge on any atom is -0.481 e. The highest BCUT2D eigenvalue weighted by Gasteiger charge is 2.30. The Balaban J connectivity index is 1.81. The van der Waals surface area contributed by atoms with E-state index in [1.807, 2.05) is 26.0 Å². The number of aliphatic carboxylic acids is 1. The zero-order chi connectivity index (χ0) is 28.0. The van der Waals surface area contributed by atoms with Crippen LogP contribution in [-0.4, -0.2) is 28.5 Å². The van der Waals surface area contributed by atoms with Crippen LogP contribution in [0.3, 0.4) is 0 Å². The number of benzene rings is 2. The van der Waals surface area contributed by atoms with E-state index in [0.717, 1.165) is 46.4 Å². The van der Waals surface area contributed by atoms with Gasteiger partial charge in [0.2, 0.25) is 0 Å². The standard InChI is InChI=1S/C29H32F3N3O3/c1-17(2)13-24(35-25-10-7-21(16-34-25)28(38)33-12-11-26(36)37)22-14-18(3)27(19(4)15-22)20-5-8-23(9-6-20)29(30,31)32/h5-10,14-17,24H,11-13H2,1-4H3,(H,33,38)(H,34,35)(H,36,37)/t24-/m1/s1. The third kappa shape index (κ3) is 7.57. The first-order valence-electron chi connectivity index (χ1n) is 12.4. The predicted octanol–water partition coefficient (Wildman–Crippen LogP) is 6.79. The molecule has 1 aromatic heterocycles. The molecule has 6 nitrogen and oxygen atoms in total. The van der Waals surface area contributed by atoms with Crippen LogP contribution in [0.4, 0.5) is 19.0 Å². The summed E-state index contributed by atoms with van der Waals surface area (Å²) in [5.74, 6) is -0.437. The van der Waals surface area contributed by atoms with Crippen molar-refractivity contribution in [1.82, 2.24) is 10.3 Å². The number of hydrogen-bond donors (Lipinski definition) is 3. The lowest BCUT2D eigenvalue weighted by Gasteiger charge is -2.24. The molecule has 0 aliphatic carbocycles. The highest BCUT2D eigenvalue weighted by Crippen LogP contribution is 2.35. The molecule has 2 aromatic carbocycles. The minimum absolute atomic E-state index is 0.0335. The van der Waals surface area contributed by atoms with Gasteiger partial charge >= 0.3 is 12.1 Å². The molecule has 0 bridgehead atoms. The van der Waals surface area contributed by atoms with Crippen LogP contribution in [0.15, 0.2) is 54.7 Å². The van der Waals surface area contributed by atoms with E-state index in [-0.39, 0.29) is 19.0 Å². The molecule has 0 spiro atoms. The second kappa shape index (κ2) is 12.1. The van der Waals surface area contributed by atoms with Crippen molar-refractivity contribution in [3.05, 3.63) is 82.5 Å². The number of halogens is 3. The van der Waals surface area contributed by atoms with E-state index >= 15 is 0 Å². The molecule has 0 unspecified atom stereocenters. The lowest BCUT2D eigenvalue weighted by molar-refractivity contribution is -0.138. The normalized spacial score (nSPS) is 12.3. The third-order valence-corrected chi connectivity index (χ3v) is 6.14. The molecule has 9 heteroatoms. The van der Waals surface area contributed by atoms with Crippen LogP contribution < -0.4 is 10.6 Å². The summed E-state index contributed by atoms with van der Waals surface area (Å²) in [6.45, 7) is 8.16. The summed E-state index contributed by atoms with van der Waals surface area (Å²) in [5, 5.41) is 14.7. The molecule has 0 aliphatic rings. The van der Waals surface area contributed by atoms with Gasteiger partial charge in [-0.25, -0.2) is 4.98 Å². The van der Waals surface area contributed by atoms with Gasteiger partial charge in [-0.3, -0.25) is 9.59 Å². The van der Waals surface area contributed by atoms with Crippen molar-refractivity contribution < 1.29 is 27.9 Å². The first kappa shape index (κ1) is 28.7. The van der Waals surface area contributed by atoms with Crippen LogP contribution in [0, 0.1) is 19.8 Å². The number of aryl methyl sites for hydroxylation is 2. The van der Waals surface area contributed by atoms with E-state index in [1.165, 1.54) is 18.3 Å². The highest BCUT2D eigenvalue weighted by atomic mass is 19.4. The van der Waals surface area contributed by atoms with E-state index in [0.29, 0.717) is 17.3 Å². The van der Waals surface area contributed by atoms with Crippen LogP contribution in [0.5, 0.6) is 0 Å². The lowest BCUT2D eigenvalue weighted by atomic mass is 9.89. The van der Waals surface area contributed by atoms with Crippen molar-refractivity contribution in [1.29, 1.82) is 0 Å². The van der Waals surface area contributed by atoms with Gasteiger partial charge in [-0.1, -0.05) is 38.1 Å². The average Bonchev–Trinajstić information content (AvgIpc) is 2.83. The fraction of sp³-hybridized carbons (Fsp3) is 0.345. The SMILES string of the molecule is Cc1cc([C@@H](CC(C)C)Nc2ccc(C(=O)NCCC(=O)O)cn2)cc(C)c1-c1ccc(C(F)(F)F)cc1. The Hall–Kier alpha value is -3.88. The van der Waals surface area contributed by atoms with Gasteiger partial charge in [0.05, 0.1) is 23.6 Å². The molecule has 0 saturated heterocycles. The van der Waals surface area contributed by atoms with Crippen LogP contribution in [-0.2, 0) is 11.0 Å². The molecule has 3 rings (SSSR count). The molecule has 38 heavy (non-hydrogen) atoms. The van der Waals surface area contributed by atoms with Crippen molar-refractivity contribution in [3.63, 3.8) is 0 Å². The predicted molar refractivity (Wildman–Crippen MR) is 141 cm³/mol. The van der Waals surface area contributed by atoms with Gasteiger partial charge in [-0.15, -0.1) is 0 Å². The monoisotopic (exact) mass is 527 g/mol. The number of rotatable bonds is 10. The van der Waals surface area contributed by atoms with Crippen molar-refractivity contribution in [2.45, 2.75) is 52.8 Å². The number of aromatic nitrogens is 1. The number of nitrogens with zero attached hydrogens (tertiary/aromatic N) is 1. The van der Waals surface area contributed by atoms with Crippen molar-refractivity contribution in [3.8, 4) is 11.1 Å². The van der Waals surface area contributed by atoms with Crippen LogP contribution in [0.25, 0.3) is 11.1 Å². The molecule has 0 aliphatic heterocycles. The van der Waals surface area contributed by atoms with E-state index in [4.69, 9.17) is 5.11 Å². The molecule has 0 fully saturated rings. The van der Waals surface area contributed by atoms with Gasteiger partial charge < -0.3 is 15.7 Å². The maximum Gasteiger partial charge on any atom is 0.416 e. The first-order valence-corrected chi connectivity index (χ1v) is 12.4. The molecule has 202 valence electrons. The second-order valence-electron chi connectivity index (χ2n) is 9.76. The third-order valence-electron chi connectivity index (χ3n) is 6.14. The number of carbonyl (C=O) groups excluding carboxylic acids is 1. The van der Waals surface area contributed by atoms with Crippen LogP contribution in [0.2, 0.25) is 0 Å². The Morgan fingerprint density at radius 2 is 1.63 bits per heavy atom. The summed E-state index contributed by atoms with van der Waals surface area (Å²) < 4.78 is 39.0. The Bertz CT molecular complexity index is 1250. The topological polar surface area (TPSA) is 91.3 Å². The highest BCUT2D eigenvalue weighted by molar-refractivity contribution is 5.94. The fourth-order valence-electron chi connectivity index (χ4n) is 4.41. The molecule has 0 radical (unpaired) electrons. The quantitative estimate of drug-likeness (QED) is 0.270.